The maximum absolute atomic E-state index is 13.0. The number of hydrogen-bond donors (Lipinski definition) is 2. The summed E-state index contributed by atoms with van der Waals surface area (Å²) in [5.41, 5.74) is 1.96. The van der Waals surface area contributed by atoms with Crippen molar-refractivity contribution < 1.29 is 9.18 Å². The van der Waals surface area contributed by atoms with Gasteiger partial charge in [-0.05, 0) is 44.0 Å². The summed E-state index contributed by atoms with van der Waals surface area (Å²) in [4.78, 5) is 21.5. The summed E-state index contributed by atoms with van der Waals surface area (Å²) < 4.78 is 13.0. The van der Waals surface area contributed by atoms with E-state index >= 15 is 0 Å². The molecule has 0 bridgehead atoms. The molecule has 0 spiro atoms. The van der Waals surface area contributed by atoms with Crippen molar-refractivity contribution in [1.82, 2.24) is 20.2 Å². The fourth-order valence-corrected chi connectivity index (χ4v) is 2.95. The summed E-state index contributed by atoms with van der Waals surface area (Å²) in [5.74, 6) is -0.0174. The second-order valence-corrected chi connectivity index (χ2v) is 6.09. The summed E-state index contributed by atoms with van der Waals surface area (Å²) in [5, 5.41) is 3.04. The minimum Gasteiger partial charge on any atom is -0.345 e. The lowest BCUT2D eigenvalue weighted by Gasteiger charge is -2.33. The second kappa shape index (κ2) is 6.91. The van der Waals surface area contributed by atoms with E-state index in [2.05, 4.69) is 20.2 Å². The molecule has 2 N–H and O–H groups in total. The molecule has 1 aromatic heterocycles. The van der Waals surface area contributed by atoms with E-state index in [1.165, 1.54) is 12.1 Å². The molecular weight excluding hydrogens is 295 g/mol. The van der Waals surface area contributed by atoms with Crippen molar-refractivity contribution in [3.63, 3.8) is 0 Å². The second-order valence-electron chi connectivity index (χ2n) is 6.09. The van der Waals surface area contributed by atoms with Gasteiger partial charge in [0.25, 0.3) is 5.91 Å². The number of nitrogens with one attached hydrogen (secondary N) is 2. The monoisotopic (exact) mass is 316 g/mol. The molecule has 1 saturated heterocycles. The van der Waals surface area contributed by atoms with Crippen LogP contribution in [0.15, 0.2) is 30.5 Å². The lowest BCUT2D eigenvalue weighted by Crippen LogP contribution is -2.47. The summed E-state index contributed by atoms with van der Waals surface area (Å²) >= 11 is 0. The summed E-state index contributed by atoms with van der Waals surface area (Å²) in [6, 6.07) is 6.70. The average molecular weight is 316 g/mol. The Bertz CT molecular complexity index is 667. The van der Waals surface area contributed by atoms with E-state index < -0.39 is 0 Å². The normalized spacial score (nSPS) is 18.8. The molecule has 0 aliphatic carbocycles. The van der Waals surface area contributed by atoms with Crippen LogP contribution in [0.4, 0.5) is 4.39 Å². The highest BCUT2D eigenvalue weighted by Gasteiger charge is 2.22. The molecule has 0 saturated carbocycles. The zero-order valence-electron chi connectivity index (χ0n) is 13.2. The maximum Gasteiger partial charge on any atom is 0.287 e. The lowest BCUT2D eigenvalue weighted by atomic mass is 10.0. The topological polar surface area (TPSA) is 61.0 Å². The van der Waals surface area contributed by atoms with Gasteiger partial charge in [0.15, 0.2) is 5.82 Å². The maximum atomic E-state index is 13.0. The van der Waals surface area contributed by atoms with Crippen LogP contribution >= 0.6 is 0 Å². The number of aromatic amines is 1. The highest BCUT2D eigenvalue weighted by molar-refractivity contribution is 5.90. The molecule has 23 heavy (non-hydrogen) atoms. The number of halogens is 1. The Morgan fingerprint density at radius 1 is 1.43 bits per heavy atom. The molecule has 6 heteroatoms. The van der Waals surface area contributed by atoms with Crippen LogP contribution in [0.25, 0.3) is 0 Å². The van der Waals surface area contributed by atoms with E-state index in [1.54, 1.807) is 6.20 Å². The Kier molecular flexibility index (Phi) is 4.71. The summed E-state index contributed by atoms with van der Waals surface area (Å²) in [6.07, 6.45) is 3.64. The number of likely N-dealkylation sites (tertiary alicyclic amines) is 1. The number of carbonyl (C=O) groups is 1. The first-order chi connectivity index (χ1) is 11.1. The Labute approximate surface area is 134 Å². The van der Waals surface area contributed by atoms with E-state index in [-0.39, 0.29) is 17.8 Å². The van der Waals surface area contributed by atoms with Crippen LogP contribution in [0.2, 0.25) is 0 Å². The van der Waals surface area contributed by atoms with Crippen molar-refractivity contribution in [2.75, 3.05) is 13.1 Å². The highest BCUT2D eigenvalue weighted by Crippen LogP contribution is 2.14. The molecular formula is C17H21FN4O. The van der Waals surface area contributed by atoms with Gasteiger partial charge in [-0.2, -0.15) is 0 Å². The van der Waals surface area contributed by atoms with Crippen molar-refractivity contribution in [3.8, 4) is 0 Å². The number of H-pyrrole nitrogens is 1. The molecule has 1 amide bonds. The number of imidazole rings is 1. The standard InChI is InChI=1S/C17H21FN4O/c1-12-9-19-16(20-12)17(23)21-15-3-2-8-22(11-15)10-13-4-6-14(18)7-5-13/h4-7,9,15H,2-3,8,10-11H2,1H3,(H,19,20)(H,21,23). The highest BCUT2D eigenvalue weighted by atomic mass is 19.1. The van der Waals surface area contributed by atoms with Gasteiger partial charge in [0.1, 0.15) is 5.82 Å². The third-order valence-electron chi connectivity index (χ3n) is 4.08. The number of carbonyl (C=O) groups excluding carboxylic acids is 1. The van der Waals surface area contributed by atoms with E-state index in [1.807, 2.05) is 19.1 Å². The quantitative estimate of drug-likeness (QED) is 0.909. The van der Waals surface area contributed by atoms with Crippen LogP contribution in [-0.2, 0) is 6.54 Å². The van der Waals surface area contributed by atoms with Crippen LogP contribution in [-0.4, -0.2) is 39.9 Å². The first-order valence-electron chi connectivity index (χ1n) is 7.89. The summed E-state index contributed by atoms with van der Waals surface area (Å²) in [7, 11) is 0. The number of aromatic nitrogens is 2. The van der Waals surface area contributed by atoms with Crippen molar-refractivity contribution in [3.05, 3.63) is 53.4 Å². The molecule has 122 valence electrons. The first-order valence-corrected chi connectivity index (χ1v) is 7.89. The Morgan fingerprint density at radius 3 is 2.91 bits per heavy atom. The van der Waals surface area contributed by atoms with E-state index in [9.17, 15) is 9.18 Å². The average Bonchev–Trinajstić information content (AvgIpc) is 2.97. The smallest absolute Gasteiger partial charge is 0.287 e. The van der Waals surface area contributed by atoms with Gasteiger partial charge in [0, 0.05) is 31.0 Å². The SMILES string of the molecule is Cc1cnc(C(=O)NC2CCCN(Cc3ccc(F)cc3)C2)[nH]1. The predicted octanol–water partition coefficient (Wildman–Crippen LogP) is 2.25. The predicted molar refractivity (Wildman–Crippen MR) is 85.5 cm³/mol. The van der Waals surface area contributed by atoms with Crippen LogP contribution in [0.5, 0.6) is 0 Å². The van der Waals surface area contributed by atoms with E-state index in [0.29, 0.717) is 5.82 Å². The van der Waals surface area contributed by atoms with Crippen molar-refractivity contribution in [2.24, 2.45) is 0 Å². The molecule has 1 fully saturated rings. The van der Waals surface area contributed by atoms with Gasteiger partial charge in [0.05, 0.1) is 0 Å². The molecule has 1 atom stereocenters. The van der Waals surface area contributed by atoms with Crippen LogP contribution in [0.3, 0.4) is 0 Å². The molecule has 1 aliphatic rings. The zero-order chi connectivity index (χ0) is 16.2. The van der Waals surface area contributed by atoms with Gasteiger partial charge in [-0.25, -0.2) is 9.37 Å². The minimum atomic E-state index is -0.216. The lowest BCUT2D eigenvalue weighted by molar-refractivity contribution is 0.0891. The number of aryl methyl sites for hydroxylation is 1. The van der Waals surface area contributed by atoms with Crippen molar-refractivity contribution >= 4 is 5.91 Å². The van der Waals surface area contributed by atoms with Gasteiger partial charge >= 0.3 is 0 Å². The number of piperidine rings is 1. The van der Waals surface area contributed by atoms with Crippen LogP contribution < -0.4 is 5.32 Å². The molecule has 2 aromatic rings. The Hall–Kier alpha value is -2.21. The molecule has 2 heterocycles. The Morgan fingerprint density at radius 2 is 2.22 bits per heavy atom. The van der Waals surface area contributed by atoms with E-state index in [4.69, 9.17) is 0 Å². The third-order valence-corrected chi connectivity index (χ3v) is 4.08. The van der Waals surface area contributed by atoms with Gasteiger partial charge < -0.3 is 10.3 Å². The Balaban J connectivity index is 1.55. The van der Waals surface area contributed by atoms with Crippen LogP contribution in [0.1, 0.15) is 34.7 Å². The molecule has 0 radical (unpaired) electrons. The van der Waals surface area contributed by atoms with Gasteiger partial charge in [-0.1, -0.05) is 12.1 Å². The molecule has 1 unspecified atom stereocenters. The first kappa shape index (κ1) is 15.7. The van der Waals surface area contributed by atoms with E-state index in [0.717, 1.165) is 43.7 Å². The number of hydrogen-bond acceptors (Lipinski definition) is 3. The largest absolute Gasteiger partial charge is 0.345 e. The minimum absolute atomic E-state index is 0.113. The van der Waals surface area contributed by atoms with Crippen molar-refractivity contribution in [1.29, 1.82) is 0 Å². The fraction of sp³-hybridized carbons (Fsp3) is 0.412. The zero-order valence-corrected chi connectivity index (χ0v) is 13.2. The molecule has 5 nitrogen and oxygen atoms in total. The van der Waals surface area contributed by atoms with Crippen LogP contribution in [0, 0.1) is 12.7 Å². The number of amides is 1. The van der Waals surface area contributed by atoms with Gasteiger partial charge in [-0.3, -0.25) is 9.69 Å². The number of nitrogens with zero attached hydrogens (tertiary/aromatic N) is 2. The number of benzene rings is 1. The number of rotatable bonds is 4. The van der Waals surface area contributed by atoms with Crippen molar-refractivity contribution in [2.45, 2.75) is 32.4 Å². The summed E-state index contributed by atoms with van der Waals surface area (Å²) in [6.45, 7) is 4.42. The third kappa shape index (κ3) is 4.16. The molecule has 1 aromatic carbocycles. The molecule has 1 aliphatic heterocycles. The van der Waals surface area contributed by atoms with Gasteiger partial charge in [-0.15, -0.1) is 0 Å². The van der Waals surface area contributed by atoms with Gasteiger partial charge in [0.2, 0.25) is 0 Å². The fourth-order valence-electron chi connectivity index (χ4n) is 2.95. The molecule has 3 rings (SSSR count).